The number of benzene rings is 2. The molecule has 0 bridgehead atoms. The molecule has 0 aliphatic carbocycles. The first-order chi connectivity index (χ1) is 11.6. The quantitative estimate of drug-likeness (QED) is 0.780. The molecule has 5 nitrogen and oxygen atoms in total. The summed E-state index contributed by atoms with van der Waals surface area (Å²) in [6.07, 6.45) is 0.362. The van der Waals surface area contributed by atoms with Crippen molar-refractivity contribution < 1.29 is 19.4 Å². The van der Waals surface area contributed by atoms with Gasteiger partial charge in [-0.3, -0.25) is 9.59 Å². The van der Waals surface area contributed by atoms with Crippen LogP contribution in [-0.2, 0) is 20.7 Å². The van der Waals surface area contributed by atoms with E-state index in [1.165, 1.54) is 7.11 Å². The Bertz CT molecular complexity index is 704. The fourth-order valence-electron chi connectivity index (χ4n) is 2.78. The minimum absolute atomic E-state index is 0.0806. The van der Waals surface area contributed by atoms with Crippen LogP contribution in [0, 0.1) is 5.92 Å². The summed E-state index contributed by atoms with van der Waals surface area (Å²) in [7, 11) is 1.47. The minimum Gasteiger partial charge on any atom is -0.481 e. The first kappa shape index (κ1) is 17.9. The Balaban J connectivity index is 2.11. The van der Waals surface area contributed by atoms with E-state index < -0.39 is 18.0 Å². The van der Waals surface area contributed by atoms with Crippen LogP contribution in [-0.4, -0.2) is 36.7 Å². The molecule has 0 heterocycles. The monoisotopic (exact) mass is 329 g/mol. The van der Waals surface area contributed by atoms with Crippen molar-refractivity contribution in [3.05, 3.63) is 48.0 Å². The number of aliphatic carboxylic acids is 1. The molecular formula is C19H23NO4. The van der Waals surface area contributed by atoms with Crippen LogP contribution in [0.2, 0.25) is 0 Å². The highest BCUT2D eigenvalue weighted by Crippen LogP contribution is 2.21. The number of carbonyl (C=O) groups is 2. The van der Waals surface area contributed by atoms with Gasteiger partial charge in [0.05, 0.1) is 5.92 Å². The molecule has 2 rings (SSSR count). The lowest BCUT2D eigenvalue weighted by Gasteiger charge is -2.17. The van der Waals surface area contributed by atoms with Crippen LogP contribution in [0.4, 0.5) is 0 Å². The number of hydrogen-bond donors (Lipinski definition) is 2. The maximum absolute atomic E-state index is 12.0. The number of carboxylic acid groups (broad SMARTS) is 1. The number of ether oxygens (including phenoxy) is 1. The molecule has 2 unspecified atom stereocenters. The molecule has 24 heavy (non-hydrogen) atoms. The molecular weight excluding hydrogens is 306 g/mol. The normalized spacial score (nSPS) is 13.4. The largest absolute Gasteiger partial charge is 0.481 e. The topological polar surface area (TPSA) is 75.6 Å². The van der Waals surface area contributed by atoms with Gasteiger partial charge in [-0.1, -0.05) is 49.4 Å². The Kier molecular flexibility index (Phi) is 6.32. The van der Waals surface area contributed by atoms with Gasteiger partial charge in [-0.05, 0) is 29.2 Å². The molecule has 2 aromatic carbocycles. The molecule has 0 aliphatic rings. The minimum atomic E-state index is -0.923. The standard InChI is InChI=1S/C19H23NO4/c1-3-17(24-2)18(21)20-12-15(19(22)23)11-14-9-6-8-13-7-4-5-10-16(13)14/h4-10,15,17H,3,11-12H2,1-2H3,(H,20,21)(H,22,23). The Morgan fingerprint density at radius 3 is 2.54 bits per heavy atom. The molecule has 128 valence electrons. The number of carbonyl (C=O) groups excluding carboxylic acids is 1. The van der Waals surface area contributed by atoms with Gasteiger partial charge < -0.3 is 15.2 Å². The van der Waals surface area contributed by atoms with Gasteiger partial charge in [0.15, 0.2) is 0 Å². The third kappa shape index (κ3) is 4.32. The third-order valence-electron chi connectivity index (χ3n) is 4.17. The second-order valence-electron chi connectivity index (χ2n) is 5.76. The van der Waals surface area contributed by atoms with Crippen molar-refractivity contribution in [1.82, 2.24) is 5.32 Å². The first-order valence-corrected chi connectivity index (χ1v) is 8.06. The van der Waals surface area contributed by atoms with Crippen LogP contribution in [0.1, 0.15) is 18.9 Å². The molecule has 2 atom stereocenters. The fourth-order valence-corrected chi connectivity index (χ4v) is 2.78. The van der Waals surface area contributed by atoms with Gasteiger partial charge in [-0.15, -0.1) is 0 Å². The van der Waals surface area contributed by atoms with E-state index in [1.54, 1.807) is 0 Å². The lowest BCUT2D eigenvalue weighted by atomic mass is 9.94. The van der Waals surface area contributed by atoms with E-state index in [9.17, 15) is 14.7 Å². The molecule has 2 N–H and O–H groups in total. The van der Waals surface area contributed by atoms with E-state index in [0.717, 1.165) is 16.3 Å². The highest BCUT2D eigenvalue weighted by Gasteiger charge is 2.22. The van der Waals surface area contributed by atoms with Gasteiger partial charge in [-0.25, -0.2) is 0 Å². The molecule has 0 saturated heterocycles. The molecule has 2 aromatic rings. The maximum Gasteiger partial charge on any atom is 0.308 e. The van der Waals surface area contributed by atoms with Gasteiger partial charge in [0.2, 0.25) is 5.91 Å². The summed E-state index contributed by atoms with van der Waals surface area (Å²) in [6, 6.07) is 13.7. The molecule has 0 saturated carbocycles. The molecule has 0 radical (unpaired) electrons. The maximum atomic E-state index is 12.0. The van der Waals surface area contributed by atoms with E-state index >= 15 is 0 Å². The molecule has 5 heteroatoms. The summed E-state index contributed by atoms with van der Waals surface area (Å²) in [4.78, 5) is 23.5. The number of hydrogen-bond acceptors (Lipinski definition) is 3. The van der Waals surface area contributed by atoms with Crippen molar-refractivity contribution in [2.24, 2.45) is 5.92 Å². The zero-order valence-electron chi connectivity index (χ0n) is 14.0. The zero-order valence-corrected chi connectivity index (χ0v) is 14.0. The molecule has 0 spiro atoms. The van der Waals surface area contributed by atoms with Crippen LogP contribution in [0.15, 0.2) is 42.5 Å². The number of amides is 1. The van der Waals surface area contributed by atoms with Crippen molar-refractivity contribution in [3.63, 3.8) is 0 Å². The Labute approximate surface area is 141 Å². The van der Waals surface area contributed by atoms with Crippen LogP contribution in [0.3, 0.4) is 0 Å². The Morgan fingerprint density at radius 1 is 1.17 bits per heavy atom. The van der Waals surface area contributed by atoms with Crippen LogP contribution >= 0.6 is 0 Å². The summed E-state index contributed by atoms with van der Waals surface area (Å²) < 4.78 is 5.07. The van der Waals surface area contributed by atoms with E-state index in [-0.39, 0.29) is 12.5 Å². The third-order valence-corrected chi connectivity index (χ3v) is 4.17. The van der Waals surface area contributed by atoms with E-state index in [0.29, 0.717) is 12.8 Å². The van der Waals surface area contributed by atoms with Gasteiger partial charge >= 0.3 is 5.97 Å². The molecule has 1 amide bonds. The summed E-state index contributed by atoms with van der Waals surface area (Å²) in [5.41, 5.74) is 0.966. The SMILES string of the molecule is CCC(OC)C(=O)NCC(Cc1cccc2ccccc12)C(=O)O. The lowest BCUT2D eigenvalue weighted by molar-refractivity contribution is -0.142. The van der Waals surface area contributed by atoms with Crippen molar-refractivity contribution >= 4 is 22.6 Å². The molecule has 0 fully saturated rings. The summed E-state index contributed by atoms with van der Waals surface area (Å²) in [6.45, 7) is 1.93. The lowest BCUT2D eigenvalue weighted by Crippen LogP contribution is -2.40. The van der Waals surface area contributed by atoms with Gasteiger partial charge in [-0.2, -0.15) is 0 Å². The number of fused-ring (bicyclic) bond motifs is 1. The average molecular weight is 329 g/mol. The van der Waals surface area contributed by atoms with Crippen molar-refractivity contribution in [2.45, 2.75) is 25.9 Å². The predicted molar refractivity (Wildman–Crippen MR) is 92.9 cm³/mol. The molecule has 0 aromatic heterocycles. The second-order valence-corrected chi connectivity index (χ2v) is 5.76. The molecule has 0 aliphatic heterocycles. The van der Waals surface area contributed by atoms with Crippen molar-refractivity contribution in [2.75, 3.05) is 13.7 Å². The van der Waals surface area contributed by atoms with Gasteiger partial charge in [0.1, 0.15) is 6.10 Å². The van der Waals surface area contributed by atoms with Crippen LogP contribution in [0.25, 0.3) is 10.8 Å². The van der Waals surface area contributed by atoms with Crippen molar-refractivity contribution in [3.8, 4) is 0 Å². The second kappa shape index (κ2) is 8.45. The average Bonchev–Trinajstić information content (AvgIpc) is 2.59. The summed E-state index contributed by atoms with van der Waals surface area (Å²) >= 11 is 0. The highest BCUT2D eigenvalue weighted by atomic mass is 16.5. The van der Waals surface area contributed by atoms with Crippen LogP contribution in [0.5, 0.6) is 0 Å². The Hall–Kier alpha value is -2.40. The van der Waals surface area contributed by atoms with Gasteiger partial charge in [0, 0.05) is 13.7 Å². The smallest absolute Gasteiger partial charge is 0.308 e. The fraction of sp³-hybridized carbons (Fsp3) is 0.368. The van der Waals surface area contributed by atoms with Crippen molar-refractivity contribution in [1.29, 1.82) is 0 Å². The number of rotatable bonds is 8. The van der Waals surface area contributed by atoms with E-state index in [4.69, 9.17) is 4.74 Å². The van der Waals surface area contributed by atoms with Gasteiger partial charge in [0.25, 0.3) is 0 Å². The van der Waals surface area contributed by atoms with Crippen LogP contribution < -0.4 is 5.32 Å². The zero-order chi connectivity index (χ0) is 17.5. The van der Waals surface area contributed by atoms with E-state index in [2.05, 4.69) is 5.32 Å². The highest BCUT2D eigenvalue weighted by molar-refractivity contribution is 5.86. The Morgan fingerprint density at radius 2 is 1.88 bits per heavy atom. The van der Waals surface area contributed by atoms with E-state index in [1.807, 2.05) is 49.4 Å². The number of methoxy groups -OCH3 is 1. The first-order valence-electron chi connectivity index (χ1n) is 8.06. The number of nitrogens with one attached hydrogen (secondary N) is 1. The summed E-state index contributed by atoms with van der Waals surface area (Å²) in [5.74, 6) is -1.88. The summed E-state index contributed by atoms with van der Waals surface area (Å²) in [5, 5.41) is 14.3. The predicted octanol–water partition coefficient (Wildman–Crippen LogP) is 2.62. The number of carboxylic acids is 1.